The van der Waals surface area contributed by atoms with Gasteiger partial charge in [-0.1, -0.05) is 12.8 Å². The molecule has 0 aromatic heterocycles. The van der Waals surface area contributed by atoms with Gasteiger partial charge >= 0.3 is 5.97 Å². The van der Waals surface area contributed by atoms with E-state index in [0.29, 0.717) is 30.9 Å². The summed E-state index contributed by atoms with van der Waals surface area (Å²) in [5.74, 6) is 0.118. The number of likely N-dealkylation sites (tertiary alicyclic amines) is 1. The fourth-order valence-corrected chi connectivity index (χ4v) is 3.92. The van der Waals surface area contributed by atoms with Crippen molar-refractivity contribution in [3.8, 4) is 5.75 Å². The van der Waals surface area contributed by atoms with Crippen LogP contribution in [0.15, 0.2) is 24.3 Å². The summed E-state index contributed by atoms with van der Waals surface area (Å²) in [7, 11) is 0. The van der Waals surface area contributed by atoms with E-state index in [1.54, 1.807) is 12.1 Å². The lowest BCUT2D eigenvalue weighted by atomic mass is 9.85. The predicted octanol–water partition coefficient (Wildman–Crippen LogP) is 2.92. The molecule has 4 nitrogen and oxygen atoms in total. The van der Waals surface area contributed by atoms with Gasteiger partial charge in [0, 0.05) is 12.6 Å². The summed E-state index contributed by atoms with van der Waals surface area (Å²) in [6.07, 6.45) is 5.39. The number of hydrogen-bond acceptors (Lipinski definition) is 3. The quantitative estimate of drug-likeness (QED) is 0.908. The molecular weight excluding hydrogens is 285 g/mol. The number of fused-ring (bicyclic) bond motifs is 1. The molecule has 2 aliphatic rings. The largest absolute Gasteiger partial charge is 0.492 e. The molecule has 0 amide bonds. The standard InChI is InChI=1S/C17H22FNO3/c18-13-5-7-14(8-6-13)22-10-9-19-15-4-2-1-3-12(15)11-16(19)17(20)21/h5-8,12,15-16H,1-4,9-11H2,(H,20,21)/t12-,15-,16-/m0/s1. The summed E-state index contributed by atoms with van der Waals surface area (Å²) in [4.78, 5) is 13.6. The highest BCUT2D eigenvalue weighted by molar-refractivity contribution is 5.74. The summed E-state index contributed by atoms with van der Waals surface area (Å²) in [5.41, 5.74) is 0. The van der Waals surface area contributed by atoms with Gasteiger partial charge in [0.05, 0.1) is 0 Å². The number of aliphatic carboxylic acids is 1. The highest BCUT2D eigenvalue weighted by atomic mass is 19.1. The second-order valence-corrected chi connectivity index (χ2v) is 6.24. The third-order valence-electron chi connectivity index (χ3n) is 4.94. The first-order valence-corrected chi connectivity index (χ1v) is 8.02. The van der Waals surface area contributed by atoms with Crippen molar-refractivity contribution < 1.29 is 19.0 Å². The van der Waals surface area contributed by atoms with Gasteiger partial charge in [-0.25, -0.2) is 4.39 Å². The molecule has 0 unspecified atom stereocenters. The van der Waals surface area contributed by atoms with Crippen molar-refractivity contribution in [1.29, 1.82) is 0 Å². The molecule has 0 bridgehead atoms. The molecular formula is C17H22FNO3. The number of carboxylic acid groups (broad SMARTS) is 1. The second kappa shape index (κ2) is 6.65. The Hall–Kier alpha value is -1.62. The van der Waals surface area contributed by atoms with Crippen molar-refractivity contribution in [2.75, 3.05) is 13.2 Å². The van der Waals surface area contributed by atoms with E-state index in [-0.39, 0.29) is 11.9 Å². The van der Waals surface area contributed by atoms with Crippen LogP contribution in [0.2, 0.25) is 0 Å². The van der Waals surface area contributed by atoms with Gasteiger partial charge < -0.3 is 9.84 Å². The Morgan fingerprint density at radius 1 is 1.27 bits per heavy atom. The number of halogens is 1. The molecule has 5 heteroatoms. The Kier molecular flexibility index (Phi) is 4.62. The number of carbonyl (C=O) groups is 1. The first-order chi connectivity index (χ1) is 10.6. The van der Waals surface area contributed by atoms with Gasteiger partial charge in [-0.3, -0.25) is 9.69 Å². The van der Waals surface area contributed by atoms with Gasteiger partial charge in [0.2, 0.25) is 0 Å². The van der Waals surface area contributed by atoms with E-state index in [0.717, 1.165) is 19.3 Å². The maximum atomic E-state index is 12.9. The van der Waals surface area contributed by atoms with Crippen LogP contribution in [-0.2, 0) is 4.79 Å². The van der Waals surface area contributed by atoms with Gasteiger partial charge in [-0.15, -0.1) is 0 Å². The zero-order chi connectivity index (χ0) is 15.5. The fourth-order valence-electron chi connectivity index (χ4n) is 3.92. The molecule has 1 aliphatic carbocycles. The molecule has 1 aromatic rings. The fraction of sp³-hybridized carbons (Fsp3) is 0.588. The third kappa shape index (κ3) is 3.24. The lowest BCUT2D eigenvalue weighted by molar-refractivity contribution is -0.142. The molecule has 1 saturated heterocycles. The summed E-state index contributed by atoms with van der Waals surface area (Å²) < 4.78 is 18.5. The SMILES string of the molecule is O=C(O)[C@@H]1C[C@@H]2CCCC[C@@H]2N1CCOc1ccc(F)cc1. The smallest absolute Gasteiger partial charge is 0.320 e. The molecule has 120 valence electrons. The van der Waals surface area contributed by atoms with Crippen LogP contribution in [0.3, 0.4) is 0 Å². The summed E-state index contributed by atoms with van der Waals surface area (Å²) >= 11 is 0. The maximum absolute atomic E-state index is 12.9. The molecule has 0 spiro atoms. The minimum Gasteiger partial charge on any atom is -0.492 e. The second-order valence-electron chi connectivity index (χ2n) is 6.24. The van der Waals surface area contributed by atoms with Crippen molar-refractivity contribution in [3.05, 3.63) is 30.1 Å². The number of ether oxygens (including phenoxy) is 1. The van der Waals surface area contributed by atoms with Crippen molar-refractivity contribution in [2.24, 2.45) is 5.92 Å². The van der Waals surface area contributed by atoms with E-state index >= 15 is 0 Å². The van der Waals surface area contributed by atoms with Gasteiger partial charge in [-0.05, 0) is 49.4 Å². The topological polar surface area (TPSA) is 49.8 Å². The monoisotopic (exact) mass is 307 g/mol. The number of rotatable bonds is 5. The van der Waals surface area contributed by atoms with E-state index in [2.05, 4.69) is 4.90 Å². The van der Waals surface area contributed by atoms with Crippen LogP contribution in [0.4, 0.5) is 4.39 Å². The van der Waals surface area contributed by atoms with Crippen LogP contribution in [0.1, 0.15) is 32.1 Å². The van der Waals surface area contributed by atoms with Crippen molar-refractivity contribution in [2.45, 2.75) is 44.2 Å². The number of carboxylic acids is 1. The van der Waals surface area contributed by atoms with Crippen molar-refractivity contribution in [1.82, 2.24) is 4.90 Å². The minimum atomic E-state index is -0.726. The molecule has 1 heterocycles. The average Bonchev–Trinajstić information content (AvgIpc) is 2.89. The summed E-state index contributed by atoms with van der Waals surface area (Å²) in [6.45, 7) is 1.04. The van der Waals surface area contributed by atoms with Crippen molar-refractivity contribution >= 4 is 5.97 Å². The lowest BCUT2D eigenvalue weighted by Gasteiger charge is -2.32. The molecule has 2 fully saturated rings. The molecule has 22 heavy (non-hydrogen) atoms. The molecule has 3 rings (SSSR count). The van der Waals surface area contributed by atoms with Gasteiger partial charge in [0.1, 0.15) is 24.2 Å². The first-order valence-electron chi connectivity index (χ1n) is 8.02. The molecule has 1 N–H and O–H groups in total. The van der Waals surface area contributed by atoms with Crippen LogP contribution in [0.5, 0.6) is 5.75 Å². The predicted molar refractivity (Wildman–Crippen MR) is 80.4 cm³/mol. The van der Waals surface area contributed by atoms with Crippen LogP contribution in [-0.4, -0.2) is 41.2 Å². The normalized spacial score (nSPS) is 28.3. The van der Waals surface area contributed by atoms with E-state index in [1.165, 1.54) is 25.0 Å². The Bertz CT molecular complexity index is 519. The number of nitrogens with zero attached hydrogens (tertiary/aromatic N) is 1. The van der Waals surface area contributed by atoms with E-state index in [1.807, 2.05) is 0 Å². The molecule has 1 saturated carbocycles. The Morgan fingerprint density at radius 2 is 2.00 bits per heavy atom. The zero-order valence-electron chi connectivity index (χ0n) is 12.6. The van der Waals surface area contributed by atoms with E-state index < -0.39 is 5.97 Å². The maximum Gasteiger partial charge on any atom is 0.320 e. The Labute approximate surface area is 129 Å². The van der Waals surface area contributed by atoms with E-state index in [4.69, 9.17) is 4.74 Å². The van der Waals surface area contributed by atoms with Crippen LogP contribution in [0.25, 0.3) is 0 Å². The van der Waals surface area contributed by atoms with Crippen LogP contribution in [0, 0.1) is 11.7 Å². The van der Waals surface area contributed by atoms with Crippen molar-refractivity contribution in [3.63, 3.8) is 0 Å². The summed E-state index contributed by atoms with van der Waals surface area (Å²) in [6, 6.07) is 5.91. The van der Waals surface area contributed by atoms with E-state index in [9.17, 15) is 14.3 Å². The molecule has 1 aliphatic heterocycles. The average molecular weight is 307 g/mol. The van der Waals surface area contributed by atoms with Gasteiger partial charge in [0.15, 0.2) is 0 Å². The highest BCUT2D eigenvalue weighted by Crippen LogP contribution is 2.39. The van der Waals surface area contributed by atoms with Crippen LogP contribution >= 0.6 is 0 Å². The minimum absolute atomic E-state index is 0.289. The van der Waals surface area contributed by atoms with Crippen LogP contribution < -0.4 is 4.74 Å². The third-order valence-corrected chi connectivity index (χ3v) is 4.94. The number of hydrogen-bond donors (Lipinski definition) is 1. The first kappa shape index (κ1) is 15.3. The Morgan fingerprint density at radius 3 is 2.73 bits per heavy atom. The number of benzene rings is 1. The summed E-state index contributed by atoms with van der Waals surface area (Å²) in [5, 5.41) is 9.45. The molecule has 1 aromatic carbocycles. The molecule has 0 radical (unpaired) electrons. The lowest BCUT2D eigenvalue weighted by Crippen LogP contribution is -2.44. The van der Waals surface area contributed by atoms with Gasteiger partial charge in [0.25, 0.3) is 0 Å². The van der Waals surface area contributed by atoms with Gasteiger partial charge in [-0.2, -0.15) is 0 Å². The zero-order valence-corrected chi connectivity index (χ0v) is 12.6. The highest BCUT2D eigenvalue weighted by Gasteiger charge is 2.44. The Balaban J connectivity index is 1.59. The molecule has 3 atom stereocenters.